The Morgan fingerprint density at radius 1 is 1.31 bits per heavy atom. The third-order valence-corrected chi connectivity index (χ3v) is 2.95. The smallest absolute Gasteiger partial charge is 0.0819 e. The summed E-state index contributed by atoms with van der Waals surface area (Å²) in [6, 6.07) is 8.61. The first kappa shape index (κ1) is 9.06. The van der Waals surface area contributed by atoms with Crippen molar-refractivity contribution in [3.63, 3.8) is 0 Å². The number of fused-ring (bicyclic) bond motifs is 1. The minimum absolute atomic E-state index is 0.995. The van der Waals surface area contributed by atoms with Gasteiger partial charge in [0, 0.05) is 13.1 Å². The van der Waals surface area contributed by atoms with Gasteiger partial charge in [-0.3, -0.25) is 0 Å². The van der Waals surface area contributed by atoms with Gasteiger partial charge in [-0.1, -0.05) is 24.3 Å². The summed E-state index contributed by atoms with van der Waals surface area (Å²) in [6.07, 6.45) is 1.13. The maximum Gasteiger partial charge on any atom is 0.0819 e. The van der Waals surface area contributed by atoms with E-state index >= 15 is 0 Å². The number of rotatable bonds is 2. The second kappa shape index (κ2) is 4.13. The molecule has 0 N–H and O–H groups in total. The molecular formula is C10H13NOS. The van der Waals surface area contributed by atoms with Gasteiger partial charge in [0.25, 0.3) is 0 Å². The minimum atomic E-state index is 0.995. The second-order valence-corrected chi connectivity index (χ2v) is 4.12. The van der Waals surface area contributed by atoms with Gasteiger partial charge in [0.15, 0.2) is 0 Å². The van der Waals surface area contributed by atoms with E-state index in [2.05, 4.69) is 28.6 Å². The lowest BCUT2D eigenvalue weighted by atomic mass is 10.0. The molecule has 70 valence electrons. The van der Waals surface area contributed by atoms with Crippen LogP contribution >= 0.6 is 12.2 Å². The molecule has 0 aromatic heterocycles. The zero-order valence-electron chi connectivity index (χ0n) is 7.69. The summed E-state index contributed by atoms with van der Waals surface area (Å²) >= 11 is 1.45. The van der Waals surface area contributed by atoms with Gasteiger partial charge in [-0.2, -0.15) is 0 Å². The quantitative estimate of drug-likeness (QED) is 0.530. The zero-order valence-corrected chi connectivity index (χ0v) is 8.51. The molecule has 0 unspecified atom stereocenters. The van der Waals surface area contributed by atoms with Gasteiger partial charge in [0.2, 0.25) is 0 Å². The summed E-state index contributed by atoms with van der Waals surface area (Å²) in [5, 5.41) is 0. The largest absolute Gasteiger partial charge is 0.304 e. The summed E-state index contributed by atoms with van der Waals surface area (Å²) in [6.45, 7) is 2.07. The third kappa shape index (κ3) is 2.05. The number of hydrogen-bond donors (Lipinski definition) is 0. The predicted molar refractivity (Wildman–Crippen MR) is 55.2 cm³/mol. The minimum Gasteiger partial charge on any atom is -0.304 e. The molecule has 0 saturated heterocycles. The summed E-state index contributed by atoms with van der Waals surface area (Å²) in [5.41, 5.74) is 2.91. The van der Waals surface area contributed by atoms with Crippen molar-refractivity contribution in [1.82, 2.24) is 4.31 Å². The van der Waals surface area contributed by atoms with E-state index in [1.165, 1.54) is 23.4 Å². The molecule has 0 atom stereocenters. The van der Waals surface area contributed by atoms with E-state index in [9.17, 15) is 0 Å². The fourth-order valence-electron chi connectivity index (χ4n) is 1.64. The van der Waals surface area contributed by atoms with Crippen LogP contribution in [-0.4, -0.2) is 18.0 Å². The van der Waals surface area contributed by atoms with Crippen LogP contribution in [0.3, 0.4) is 0 Å². The summed E-state index contributed by atoms with van der Waals surface area (Å²) in [5.74, 6) is 0. The van der Waals surface area contributed by atoms with Crippen LogP contribution in [0.4, 0.5) is 0 Å². The Hall–Kier alpha value is -0.510. The van der Waals surface area contributed by atoms with Crippen LogP contribution < -0.4 is 0 Å². The Balaban J connectivity index is 2.11. The van der Waals surface area contributed by atoms with Crippen molar-refractivity contribution in [2.24, 2.45) is 0 Å². The van der Waals surface area contributed by atoms with Crippen LogP contribution in [0.2, 0.25) is 0 Å². The van der Waals surface area contributed by atoms with Gasteiger partial charge in [-0.25, -0.2) is 4.31 Å². The van der Waals surface area contributed by atoms with E-state index in [0.717, 1.165) is 19.5 Å². The average molecular weight is 195 g/mol. The molecule has 3 heteroatoms. The fourth-order valence-corrected chi connectivity index (χ4v) is 2.21. The van der Waals surface area contributed by atoms with Crippen molar-refractivity contribution >= 4 is 12.2 Å². The second-order valence-electron chi connectivity index (χ2n) is 3.12. The van der Waals surface area contributed by atoms with Crippen molar-refractivity contribution in [2.45, 2.75) is 13.0 Å². The topological polar surface area (TPSA) is 12.5 Å². The maximum atomic E-state index is 5.04. The molecule has 0 spiro atoms. The number of nitrogens with zero attached hydrogens (tertiary/aromatic N) is 1. The Morgan fingerprint density at radius 2 is 2.08 bits per heavy atom. The number of benzene rings is 1. The normalized spacial score (nSPS) is 17.0. The van der Waals surface area contributed by atoms with E-state index < -0.39 is 0 Å². The van der Waals surface area contributed by atoms with Gasteiger partial charge < -0.3 is 4.18 Å². The molecule has 1 aromatic carbocycles. The number of hydrogen-bond acceptors (Lipinski definition) is 3. The van der Waals surface area contributed by atoms with Crippen molar-refractivity contribution in [3.8, 4) is 0 Å². The van der Waals surface area contributed by atoms with E-state index in [0.29, 0.717) is 0 Å². The molecule has 13 heavy (non-hydrogen) atoms. The summed E-state index contributed by atoms with van der Waals surface area (Å²) in [4.78, 5) is 0. The SMILES string of the molecule is COSN1CCc2ccccc2C1. The molecule has 1 aromatic rings. The van der Waals surface area contributed by atoms with Crippen LogP contribution in [-0.2, 0) is 17.1 Å². The summed E-state index contributed by atoms with van der Waals surface area (Å²) < 4.78 is 7.28. The Bertz CT molecular complexity index is 290. The standard InChI is InChI=1S/C10H13NOS/c1-12-13-11-7-6-9-4-2-3-5-10(9)8-11/h2-5H,6-8H2,1H3. The molecule has 2 rings (SSSR count). The maximum absolute atomic E-state index is 5.04. The first-order valence-electron chi connectivity index (χ1n) is 4.42. The Kier molecular flexibility index (Phi) is 2.88. The van der Waals surface area contributed by atoms with E-state index in [4.69, 9.17) is 4.18 Å². The first-order valence-corrected chi connectivity index (χ1v) is 5.12. The van der Waals surface area contributed by atoms with Crippen LogP contribution in [0, 0.1) is 0 Å². The zero-order chi connectivity index (χ0) is 9.10. The van der Waals surface area contributed by atoms with Gasteiger partial charge in [0.1, 0.15) is 0 Å². The lowest BCUT2D eigenvalue weighted by Gasteiger charge is -2.25. The van der Waals surface area contributed by atoms with Crippen LogP contribution in [0.1, 0.15) is 11.1 Å². The lowest BCUT2D eigenvalue weighted by molar-refractivity contribution is 0.384. The van der Waals surface area contributed by atoms with Crippen molar-refractivity contribution in [2.75, 3.05) is 13.7 Å². The van der Waals surface area contributed by atoms with Gasteiger partial charge in [-0.15, -0.1) is 0 Å². The summed E-state index contributed by atoms with van der Waals surface area (Å²) in [7, 11) is 1.71. The van der Waals surface area contributed by atoms with Gasteiger partial charge in [-0.05, 0) is 17.5 Å². The van der Waals surface area contributed by atoms with Crippen molar-refractivity contribution < 1.29 is 4.18 Å². The molecule has 0 radical (unpaired) electrons. The molecule has 1 heterocycles. The first-order chi connectivity index (χ1) is 6.40. The van der Waals surface area contributed by atoms with Crippen LogP contribution in [0.5, 0.6) is 0 Å². The van der Waals surface area contributed by atoms with Crippen LogP contribution in [0.15, 0.2) is 24.3 Å². The Labute approximate surface area is 83.2 Å². The predicted octanol–water partition coefficient (Wildman–Crippen LogP) is 2.25. The highest BCUT2D eigenvalue weighted by Crippen LogP contribution is 2.23. The highest BCUT2D eigenvalue weighted by molar-refractivity contribution is 7.92. The third-order valence-electron chi connectivity index (χ3n) is 2.28. The molecule has 1 aliphatic rings. The molecule has 0 fully saturated rings. The lowest BCUT2D eigenvalue weighted by Crippen LogP contribution is -2.24. The Morgan fingerprint density at radius 3 is 2.85 bits per heavy atom. The molecule has 0 saturated carbocycles. The molecule has 2 nitrogen and oxygen atoms in total. The fraction of sp³-hybridized carbons (Fsp3) is 0.400. The van der Waals surface area contributed by atoms with Crippen molar-refractivity contribution in [1.29, 1.82) is 0 Å². The van der Waals surface area contributed by atoms with Gasteiger partial charge in [0.05, 0.1) is 19.3 Å². The highest BCUT2D eigenvalue weighted by Gasteiger charge is 2.15. The van der Waals surface area contributed by atoms with E-state index in [1.807, 2.05) is 0 Å². The highest BCUT2D eigenvalue weighted by atomic mass is 32.2. The van der Waals surface area contributed by atoms with E-state index in [-0.39, 0.29) is 0 Å². The molecule has 1 aliphatic heterocycles. The molecule has 0 aliphatic carbocycles. The van der Waals surface area contributed by atoms with Gasteiger partial charge >= 0.3 is 0 Å². The molecule has 0 amide bonds. The van der Waals surface area contributed by atoms with Crippen molar-refractivity contribution in [3.05, 3.63) is 35.4 Å². The molecular weight excluding hydrogens is 182 g/mol. The monoisotopic (exact) mass is 195 g/mol. The van der Waals surface area contributed by atoms with Crippen LogP contribution in [0.25, 0.3) is 0 Å². The average Bonchev–Trinajstić information content (AvgIpc) is 2.18. The van der Waals surface area contributed by atoms with E-state index in [1.54, 1.807) is 7.11 Å². The molecule has 0 bridgehead atoms.